The molecule has 2 unspecified atom stereocenters. The molecule has 0 fully saturated rings. The Bertz CT molecular complexity index is 1760. The van der Waals surface area contributed by atoms with Gasteiger partial charge in [0.05, 0.1) is 12.2 Å². The molecule has 0 aromatic heterocycles. The maximum absolute atomic E-state index is 11.5. The Morgan fingerprint density at radius 2 is 0.682 bits per heavy atom. The van der Waals surface area contributed by atoms with E-state index in [0.29, 0.717) is 22.5 Å². The van der Waals surface area contributed by atoms with Gasteiger partial charge in [0.15, 0.2) is 0 Å². The number of benzene rings is 6. The van der Waals surface area contributed by atoms with Gasteiger partial charge in [-0.2, -0.15) is 0 Å². The molecule has 0 radical (unpaired) electrons. The second-order valence-corrected chi connectivity index (χ2v) is 11.2. The Hall–Kier alpha value is -5.16. The van der Waals surface area contributed by atoms with Gasteiger partial charge in [0.25, 0.3) is 0 Å². The summed E-state index contributed by atoms with van der Waals surface area (Å²) >= 11 is 0. The summed E-state index contributed by atoms with van der Waals surface area (Å²) < 4.78 is 0. The molecule has 4 nitrogen and oxygen atoms in total. The van der Waals surface area contributed by atoms with E-state index in [1.54, 1.807) is 13.8 Å². The third kappa shape index (κ3) is 5.26. The van der Waals surface area contributed by atoms with Crippen LogP contribution in [0.15, 0.2) is 133 Å². The van der Waals surface area contributed by atoms with Crippen molar-refractivity contribution in [2.24, 2.45) is 0 Å². The normalized spacial score (nSPS) is 12.5. The molecule has 0 bridgehead atoms. The van der Waals surface area contributed by atoms with Gasteiger partial charge < -0.3 is 21.7 Å². The average Bonchev–Trinajstić information content (AvgIpc) is 3.05. The number of hydrogen-bond acceptors (Lipinski definition) is 4. The molecular weight excluding hydrogens is 540 g/mol. The van der Waals surface area contributed by atoms with E-state index in [0.717, 1.165) is 55.6 Å². The summed E-state index contributed by atoms with van der Waals surface area (Å²) in [6.07, 6.45) is -1.74. The van der Waals surface area contributed by atoms with Crippen LogP contribution in [0.1, 0.15) is 37.2 Å². The number of rotatable bonds is 7. The number of hydrogen-bond donors (Lipinski definition) is 4. The number of anilines is 2. The van der Waals surface area contributed by atoms with Crippen molar-refractivity contribution in [3.8, 4) is 55.6 Å². The highest BCUT2D eigenvalue weighted by atomic mass is 16.3. The van der Waals surface area contributed by atoms with Gasteiger partial charge in [0.1, 0.15) is 0 Å². The van der Waals surface area contributed by atoms with Gasteiger partial charge in [-0.3, -0.25) is 0 Å². The van der Waals surface area contributed by atoms with E-state index in [2.05, 4.69) is 12.1 Å². The molecule has 2 atom stereocenters. The molecule has 218 valence electrons. The van der Waals surface area contributed by atoms with Gasteiger partial charge in [-0.05, 0) is 70.5 Å². The number of aliphatic hydroxyl groups is 2. The summed E-state index contributed by atoms with van der Waals surface area (Å²) in [4.78, 5) is 0. The van der Waals surface area contributed by atoms with Crippen LogP contribution in [0.2, 0.25) is 0 Å². The average molecular weight is 577 g/mol. The smallest absolute Gasteiger partial charge is 0.0774 e. The SMILES string of the molecule is CC(O)c1c(-c2cc(-c3ccccc3)c(N)c(-c3ccccc3)c2C(C)O)cc(-c2ccccc2)c(N)c1-c1ccccc1. The van der Waals surface area contributed by atoms with Crippen molar-refractivity contribution in [3.63, 3.8) is 0 Å². The van der Waals surface area contributed by atoms with Crippen molar-refractivity contribution < 1.29 is 10.2 Å². The van der Waals surface area contributed by atoms with Gasteiger partial charge in [0, 0.05) is 33.6 Å². The molecule has 0 aliphatic carbocycles. The second kappa shape index (κ2) is 12.2. The molecule has 44 heavy (non-hydrogen) atoms. The van der Waals surface area contributed by atoms with Gasteiger partial charge in [-0.15, -0.1) is 0 Å². The minimum Gasteiger partial charge on any atom is -0.398 e. The Kier molecular flexibility index (Phi) is 8.03. The summed E-state index contributed by atoms with van der Waals surface area (Å²) in [6, 6.07) is 44.1. The maximum Gasteiger partial charge on any atom is 0.0774 e. The second-order valence-electron chi connectivity index (χ2n) is 11.2. The first kappa shape index (κ1) is 28.9. The van der Waals surface area contributed by atoms with Gasteiger partial charge >= 0.3 is 0 Å². The van der Waals surface area contributed by atoms with E-state index in [4.69, 9.17) is 11.5 Å². The fraction of sp³-hybridized carbons (Fsp3) is 0.100. The van der Waals surface area contributed by atoms with Crippen molar-refractivity contribution in [2.75, 3.05) is 11.5 Å². The molecule has 0 heterocycles. The monoisotopic (exact) mass is 576 g/mol. The highest BCUT2D eigenvalue weighted by Crippen LogP contribution is 2.50. The Morgan fingerprint density at radius 1 is 0.409 bits per heavy atom. The summed E-state index contributed by atoms with van der Waals surface area (Å²) in [5.74, 6) is 0. The summed E-state index contributed by atoms with van der Waals surface area (Å²) in [6.45, 7) is 3.53. The fourth-order valence-corrected chi connectivity index (χ4v) is 6.29. The van der Waals surface area contributed by atoms with Gasteiger partial charge in [0.2, 0.25) is 0 Å². The Labute approximate surface area is 258 Å². The molecular formula is C40H36N2O2. The molecule has 4 heteroatoms. The lowest BCUT2D eigenvalue weighted by atomic mass is 9.79. The number of nitrogen functional groups attached to an aromatic ring is 2. The summed E-state index contributed by atoms with van der Waals surface area (Å²) in [7, 11) is 0. The van der Waals surface area contributed by atoms with Crippen LogP contribution in [0.25, 0.3) is 55.6 Å². The largest absolute Gasteiger partial charge is 0.398 e. The summed E-state index contributed by atoms with van der Waals surface area (Å²) in [5, 5.41) is 23.0. The third-order valence-corrected chi connectivity index (χ3v) is 8.24. The predicted octanol–water partition coefficient (Wildman–Crippen LogP) is 9.29. The predicted molar refractivity (Wildman–Crippen MR) is 184 cm³/mol. The van der Waals surface area contributed by atoms with E-state index < -0.39 is 12.2 Å². The van der Waals surface area contributed by atoms with E-state index >= 15 is 0 Å². The molecule has 0 aliphatic rings. The zero-order chi connectivity index (χ0) is 30.8. The molecule has 6 N–H and O–H groups in total. The van der Waals surface area contributed by atoms with Crippen LogP contribution in [0.3, 0.4) is 0 Å². The zero-order valence-electron chi connectivity index (χ0n) is 24.9. The van der Waals surface area contributed by atoms with Crippen molar-refractivity contribution in [3.05, 3.63) is 145 Å². The minimum atomic E-state index is -0.868. The maximum atomic E-state index is 11.5. The lowest BCUT2D eigenvalue weighted by Crippen LogP contribution is -2.09. The first-order chi connectivity index (χ1) is 21.4. The molecule has 6 aromatic rings. The highest BCUT2D eigenvalue weighted by molar-refractivity contribution is 6.01. The lowest BCUT2D eigenvalue weighted by molar-refractivity contribution is 0.198. The van der Waals surface area contributed by atoms with E-state index in [1.165, 1.54) is 0 Å². The Morgan fingerprint density at radius 3 is 0.955 bits per heavy atom. The minimum absolute atomic E-state index is 0.586. The van der Waals surface area contributed by atoms with Gasteiger partial charge in [-0.1, -0.05) is 121 Å². The van der Waals surface area contributed by atoms with Crippen molar-refractivity contribution >= 4 is 11.4 Å². The van der Waals surface area contributed by atoms with E-state index in [9.17, 15) is 10.2 Å². The quantitative estimate of drug-likeness (QED) is 0.143. The first-order valence-corrected chi connectivity index (χ1v) is 14.9. The topological polar surface area (TPSA) is 92.5 Å². The van der Waals surface area contributed by atoms with Crippen LogP contribution < -0.4 is 11.5 Å². The van der Waals surface area contributed by atoms with Crippen LogP contribution >= 0.6 is 0 Å². The summed E-state index contributed by atoms with van der Waals surface area (Å²) in [5.41, 5.74) is 25.1. The molecule has 0 saturated carbocycles. The molecule has 0 spiro atoms. The van der Waals surface area contributed by atoms with Crippen LogP contribution in [0.4, 0.5) is 11.4 Å². The molecule has 0 amide bonds. The van der Waals surface area contributed by atoms with Crippen molar-refractivity contribution in [1.29, 1.82) is 0 Å². The molecule has 6 rings (SSSR count). The van der Waals surface area contributed by atoms with Crippen LogP contribution in [-0.4, -0.2) is 10.2 Å². The standard InChI is InChI=1S/C40H36N2O2/c1-25(43)35-33(23-31(27-15-7-3-8-16-27)39(41)37(35)29-19-11-5-12-20-29)34-24-32(28-17-9-4-10-18-28)40(42)38(36(34)26(2)44)30-21-13-6-14-22-30/h3-26,43-44H,41-42H2,1-2H3. The number of aliphatic hydroxyl groups excluding tert-OH is 2. The number of nitrogens with two attached hydrogens (primary N) is 2. The van der Waals surface area contributed by atoms with Crippen molar-refractivity contribution in [2.45, 2.75) is 26.1 Å². The van der Waals surface area contributed by atoms with Gasteiger partial charge in [-0.25, -0.2) is 0 Å². The van der Waals surface area contributed by atoms with Crippen LogP contribution in [-0.2, 0) is 0 Å². The van der Waals surface area contributed by atoms with E-state index in [-0.39, 0.29) is 0 Å². The molecule has 6 aromatic carbocycles. The Balaban J connectivity index is 1.82. The zero-order valence-corrected chi connectivity index (χ0v) is 24.9. The van der Waals surface area contributed by atoms with Crippen LogP contribution in [0.5, 0.6) is 0 Å². The van der Waals surface area contributed by atoms with Crippen LogP contribution in [0, 0.1) is 0 Å². The highest BCUT2D eigenvalue weighted by Gasteiger charge is 2.28. The first-order valence-electron chi connectivity index (χ1n) is 14.9. The fourth-order valence-electron chi connectivity index (χ4n) is 6.29. The molecule has 0 aliphatic heterocycles. The third-order valence-electron chi connectivity index (χ3n) is 8.24. The molecule has 0 saturated heterocycles. The lowest BCUT2D eigenvalue weighted by Gasteiger charge is -2.27. The van der Waals surface area contributed by atoms with E-state index in [1.807, 2.05) is 121 Å². The van der Waals surface area contributed by atoms with Crippen molar-refractivity contribution in [1.82, 2.24) is 0 Å².